The first-order valence-corrected chi connectivity index (χ1v) is 10.3. The van der Waals surface area contributed by atoms with Gasteiger partial charge in [-0.25, -0.2) is 0 Å². The summed E-state index contributed by atoms with van der Waals surface area (Å²) in [5.41, 5.74) is -3.37. The van der Waals surface area contributed by atoms with Gasteiger partial charge in [-0.1, -0.05) is 13.8 Å². The van der Waals surface area contributed by atoms with Crippen LogP contribution in [-0.4, -0.2) is 49.6 Å². The molecule has 0 aromatic heterocycles. The van der Waals surface area contributed by atoms with E-state index in [9.17, 15) is 25.2 Å². The lowest BCUT2D eigenvalue weighted by Gasteiger charge is -2.65. The lowest BCUT2D eigenvalue weighted by molar-refractivity contribution is -0.267. The zero-order valence-corrected chi connectivity index (χ0v) is 16.2. The predicted octanol–water partition coefficient (Wildman–Crippen LogP) is 1.80. The van der Waals surface area contributed by atoms with E-state index in [0.717, 1.165) is 19.3 Å². The van der Waals surface area contributed by atoms with Crippen LogP contribution < -0.4 is 0 Å². The number of carbonyl (C=O) groups is 1. The smallest absolute Gasteiger partial charge is 0.161 e. The van der Waals surface area contributed by atoms with Crippen molar-refractivity contribution in [2.75, 3.05) is 0 Å². The number of hydrogen-bond acceptors (Lipinski definition) is 5. The minimum atomic E-state index is -1.26. The normalized spacial score (nSPS) is 59.3. The van der Waals surface area contributed by atoms with Crippen LogP contribution in [0.4, 0.5) is 0 Å². The summed E-state index contributed by atoms with van der Waals surface area (Å²) < 4.78 is 0. The van der Waals surface area contributed by atoms with Gasteiger partial charge in [0.25, 0.3) is 0 Å². The second-order valence-electron chi connectivity index (χ2n) is 10.3. The first-order chi connectivity index (χ1) is 12.0. The third-order valence-corrected chi connectivity index (χ3v) is 9.57. The molecule has 0 heterocycles. The first kappa shape index (κ1) is 18.9. The molecule has 0 spiro atoms. The highest BCUT2D eigenvalue weighted by Gasteiger charge is 2.70. The van der Waals surface area contributed by atoms with Gasteiger partial charge in [-0.2, -0.15) is 0 Å². The van der Waals surface area contributed by atoms with E-state index < -0.39 is 34.2 Å². The number of hydrogen-bond donors (Lipinski definition) is 4. The van der Waals surface area contributed by atoms with Gasteiger partial charge in [0.05, 0.1) is 17.8 Å². The first-order valence-electron chi connectivity index (χ1n) is 10.3. The molecule has 26 heavy (non-hydrogen) atoms. The molecule has 4 fully saturated rings. The maximum atomic E-state index is 12.3. The summed E-state index contributed by atoms with van der Waals surface area (Å²) in [5, 5.41) is 43.6. The Morgan fingerprint density at radius 2 is 1.50 bits per heavy atom. The van der Waals surface area contributed by atoms with Gasteiger partial charge >= 0.3 is 0 Å². The molecule has 148 valence electrons. The Labute approximate surface area is 155 Å². The number of aliphatic hydroxyl groups excluding tert-OH is 2. The van der Waals surface area contributed by atoms with Gasteiger partial charge in [0.2, 0.25) is 0 Å². The maximum Gasteiger partial charge on any atom is 0.161 e. The van der Waals surface area contributed by atoms with Gasteiger partial charge in [-0.3, -0.25) is 4.79 Å². The summed E-state index contributed by atoms with van der Waals surface area (Å²) in [6.45, 7) is 5.65. The molecule has 4 saturated carbocycles. The molecular weight excluding hydrogens is 332 g/mol. The quantitative estimate of drug-likeness (QED) is 0.567. The summed E-state index contributed by atoms with van der Waals surface area (Å²) >= 11 is 0. The van der Waals surface area contributed by atoms with Crippen LogP contribution in [0.3, 0.4) is 0 Å². The van der Waals surface area contributed by atoms with Crippen LogP contribution in [0.5, 0.6) is 0 Å². The van der Waals surface area contributed by atoms with E-state index in [-0.39, 0.29) is 30.0 Å². The lowest BCUT2D eigenvalue weighted by Crippen LogP contribution is -2.69. The van der Waals surface area contributed by atoms with Crippen molar-refractivity contribution < 1.29 is 25.2 Å². The predicted molar refractivity (Wildman–Crippen MR) is 96.2 cm³/mol. The summed E-state index contributed by atoms with van der Waals surface area (Å²) in [6, 6.07) is 0. The average Bonchev–Trinajstić information content (AvgIpc) is 2.84. The third kappa shape index (κ3) is 2.04. The molecule has 0 aromatic carbocycles. The topological polar surface area (TPSA) is 98.0 Å². The van der Waals surface area contributed by atoms with E-state index in [0.29, 0.717) is 25.7 Å². The Hall–Kier alpha value is -0.490. The number of ketones is 1. The molecular formula is C21H34O5. The average molecular weight is 366 g/mol. The molecule has 4 aliphatic rings. The molecule has 0 bridgehead atoms. The van der Waals surface area contributed by atoms with Crippen LogP contribution in [-0.2, 0) is 4.79 Å². The van der Waals surface area contributed by atoms with Crippen molar-refractivity contribution >= 4 is 5.78 Å². The van der Waals surface area contributed by atoms with E-state index >= 15 is 0 Å². The highest BCUT2D eigenvalue weighted by Crippen LogP contribution is 2.69. The second kappa shape index (κ2) is 5.53. The molecule has 9 atom stereocenters. The molecule has 5 nitrogen and oxygen atoms in total. The molecule has 4 aliphatic carbocycles. The van der Waals surface area contributed by atoms with Gasteiger partial charge in [0, 0.05) is 17.3 Å². The Bertz CT molecular complexity index is 622. The number of fused-ring (bicyclic) bond motifs is 5. The fourth-order valence-electron chi connectivity index (χ4n) is 7.85. The molecule has 0 aliphatic heterocycles. The molecule has 0 saturated heterocycles. The van der Waals surface area contributed by atoms with E-state index in [1.807, 2.05) is 0 Å². The standard InChI is InChI=1S/C21H34O5/c1-12(22)20(25)9-6-16-14-10-17(24)21(26)11-13(23)4-7-19(21,3)15(14)5-8-18(16,20)2/h13-17,23-26H,4-11H2,1-3H3/t13?,14-,15+,16+,17?,18+,19-,20+,21?/m1/s1. The largest absolute Gasteiger partial charge is 0.393 e. The maximum absolute atomic E-state index is 12.3. The molecule has 0 radical (unpaired) electrons. The molecule has 0 amide bonds. The molecule has 4 N–H and O–H groups in total. The van der Waals surface area contributed by atoms with Crippen molar-refractivity contribution in [1.82, 2.24) is 0 Å². The Morgan fingerprint density at radius 3 is 2.15 bits per heavy atom. The van der Waals surface area contributed by atoms with E-state index in [2.05, 4.69) is 13.8 Å². The Kier molecular flexibility index (Phi) is 4.01. The highest BCUT2D eigenvalue weighted by molar-refractivity contribution is 5.86. The summed E-state index contributed by atoms with van der Waals surface area (Å²) in [6.07, 6.45) is 3.63. The van der Waals surface area contributed by atoms with Crippen LogP contribution in [0.1, 0.15) is 72.1 Å². The van der Waals surface area contributed by atoms with Gasteiger partial charge in [0.15, 0.2) is 5.78 Å². The van der Waals surface area contributed by atoms with E-state index in [1.54, 1.807) is 0 Å². The lowest BCUT2D eigenvalue weighted by atomic mass is 9.42. The number of aliphatic hydroxyl groups is 4. The zero-order valence-electron chi connectivity index (χ0n) is 16.2. The van der Waals surface area contributed by atoms with Crippen LogP contribution >= 0.6 is 0 Å². The van der Waals surface area contributed by atoms with Crippen molar-refractivity contribution in [3.8, 4) is 0 Å². The minimum Gasteiger partial charge on any atom is -0.393 e. The SMILES string of the molecule is CC(=O)[C@@]1(O)CC[C@H]2[C@@H]3CC(O)C4(O)CC(O)CC[C@]4(C)[C@H]3CC[C@@]21C. The van der Waals surface area contributed by atoms with E-state index in [4.69, 9.17) is 0 Å². The second-order valence-corrected chi connectivity index (χ2v) is 10.3. The molecule has 0 aromatic rings. The van der Waals surface area contributed by atoms with Crippen molar-refractivity contribution in [1.29, 1.82) is 0 Å². The molecule has 3 unspecified atom stereocenters. The monoisotopic (exact) mass is 366 g/mol. The Balaban J connectivity index is 1.72. The molecule has 5 heteroatoms. The number of rotatable bonds is 1. The molecule has 4 rings (SSSR count). The summed E-state index contributed by atoms with van der Waals surface area (Å²) in [5.74, 6) is 0.521. The van der Waals surface area contributed by atoms with Crippen LogP contribution in [0.15, 0.2) is 0 Å². The summed E-state index contributed by atoms with van der Waals surface area (Å²) in [7, 11) is 0. The van der Waals surface area contributed by atoms with Gasteiger partial charge < -0.3 is 20.4 Å². The fourth-order valence-corrected chi connectivity index (χ4v) is 7.85. The fraction of sp³-hybridized carbons (Fsp3) is 0.952. The van der Waals surface area contributed by atoms with Gasteiger partial charge in [0.1, 0.15) is 5.60 Å². The zero-order chi connectivity index (χ0) is 19.1. The van der Waals surface area contributed by atoms with Gasteiger partial charge in [-0.05, 0) is 69.6 Å². The summed E-state index contributed by atoms with van der Waals surface area (Å²) in [4.78, 5) is 12.3. The van der Waals surface area contributed by atoms with Crippen molar-refractivity contribution in [2.24, 2.45) is 28.6 Å². The minimum absolute atomic E-state index is 0.138. The van der Waals surface area contributed by atoms with Crippen molar-refractivity contribution in [3.63, 3.8) is 0 Å². The van der Waals surface area contributed by atoms with Crippen LogP contribution in [0.25, 0.3) is 0 Å². The van der Waals surface area contributed by atoms with E-state index in [1.165, 1.54) is 6.92 Å². The number of carbonyl (C=O) groups excluding carboxylic acids is 1. The highest BCUT2D eigenvalue weighted by atomic mass is 16.3. The third-order valence-electron chi connectivity index (χ3n) is 9.57. The Morgan fingerprint density at radius 1 is 0.923 bits per heavy atom. The van der Waals surface area contributed by atoms with Crippen molar-refractivity contribution in [2.45, 2.75) is 95.5 Å². The van der Waals surface area contributed by atoms with Crippen LogP contribution in [0, 0.1) is 28.6 Å². The van der Waals surface area contributed by atoms with Crippen molar-refractivity contribution in [3.05, 3.63) is 0 Å². The van der Waals surface area contributed by atoms with Crippen LogP contribution in [0.2, 0.25) is 0 Å². The number of Topliss-reactive ketones (excluding diaryl/α,β-unsaturated/α-hetero) is 1. The van der Waals surface area contributed by atoms with Gasteiger partial charge in [-0.15, -0.1) is 0 Å².